The van der Waals surface area contributed by atoms with Gasteiger partial charge >= 0.3 is 0 Å². The van der Waals surface area contributed by atoms with E-state index in [9.17, 15) is 0 Å². The molecule has 0 spiro atoms. The van der Waals surface area contributed by atoms with Gasteiger partial charge in [0.2, 0.25) is 0 Å². The molecule has 0 fully saturated rings. The molecule has 2 atom stereocenters. The van der Waals surface area contributed by atoms with E-state index in [1.807, 2.05) is 12.1 Å². The summed E-state index contributed by atoms with van der Waals surface area (Å²) >= 11 is 0. The van der Waals surface area contributed by atoms with Crippen LogP contribution in [0.25, 0.3) is 0 Å². The lowest BCUT2D eigenvalue weighted by Gasteiger charge is -2.21. The SMILES string of the molecule is COCC(NC(C)CCCO)c1ccco1. The van der Waals surface area contributed by atoms with E-state index in [4.69, 9.17) is 14.3 Å². The largest absolute Gasteiger partial charge is 0.468 e. The molecule has 0 amide bonds. The van der Waals surface area contributed by atoms with Crippen LogP contribution in [0.1, 0.15) is 31.6 Å². The van der Waals surface area contributed by atoms with E-state index in [0.717, 1.165) is 18.6 Å². The van der Waals surface area contributed by atoms with Crippen molar-refractivity contribution < 1.29 is 14.3 Å². The third-order valence-corrected chi connectivity index (χ3v) is 2.50. The highest BCUT2D eigenvalue weighted by molar-refractivity contribution is 5.04. The summed E-state index contributed by atoms with van der Waals surface area (Å²) in [5, 5.41) is 12.2. The maximum atomic E-state index is 8.77. The van der Waals surface area contributed by atoms with Crippen molar-refractivity contribution in [3.63, 3.8) is 0 Å². The Bertz CT molecular complexity index is 261. The molecule has 1 aromatic rings. The summed E-state index contributed by atoms with van der Waals surface area (Å²) in [5.74, 6) is 0.887. The summed E-state index contributed by atoms with van der Waals surface area (Å²) in [4.78, 5) is 0. The Hall–Kier alpha value is -0.840. The van der Waals surface area contributed by atoms with Crippen molar-refractivity contribution in [1.82, 2.24) is 5.32 Å². The summed E-state index contributed by atoms with van der Waals surface area (Å²) in [5.41, 5.74) is 0. The number of furan rings is 1. The zero-order valence-corrected chi connectivity index (χ0v) is 9.98. The second kappa shape index (κ2) is 7.44. The zero-order chi connectivity index (χ0) is 11.8. The normalized spacial score (nSPS) is 14.9. The molecule has 1 heterocycles. The Balaban J connectivity index is 2.45. The molecule has 4 nitrogen and oxygen atoms in total. The van der Waals surface area contributed by atoms with E-state index in [1.165, 1.54) is 0 Å². The number of methoxy groups -OCH3 is 1. The highest BCUT2D eigenvalue weighted by Gasteiger charge is 2.16. The fraction of sp³-hybridized carbons (Fsp3) is 0.667. The van der Waals surface area contributed by atoms with Gasteiger partial charge in [0, 0.05) is 19.8 Å². The predicted octanol–water partition coefficient (Wildman–Crippen LogP) is 1.72. The van der Waals surface area contributed by atoms with Crippen molar-refractivity contribution >= 4 is 0 Å². The maximum absolute atomic E-state index is 8.77. The van der Waals surface area contributed by atoms with E-state index >= 15 is 0 Å². The minimum atomic E-state index is 0.0775. The average Bonchev–Trinajstić information content (AvgIpc) is 2.79. The highest BCUT2D eigenvalue weighted by Crippen LogP contribution is 2.15. The van der Waals surface area contributed by atoms with Crippen LogP contribution in [0, 0.1) is 0 Å². The van der Waals surface area contributed by atoms with Crippen LogP contribution >= 0.6 is 0 Å². The van der Waals surface area contributed by atoms with Crippen LogP contribution < -0.4 is 5.32 Å². The quantitative estimate of drug-likeness (QED) is 0.710. The summed E-state index contributed by atoms with van der Waals surface area (Å²) in [7, 11) is 1.68. The Morgan fingerprint density at radius 2 is 2.38 bits per heavy atom. The summed E-state index contributed by atoms with van der Waals surface area (Å²) in [6, 6.07) is 4.22. The summed E-state index contributed by atoms with van der Waals surface area (Å²) in [6.07, 6.45) is 3.42. The van der Waals surface area contributed by atoms with Crippen LogP contribution in [0.5, 0.6) is 0 Å². The van der Waals surface area contributed by atoms with E-state index in [2.05, 4.69) is 12.2 Å². The number of hydrogen-bond donors (Lipinski definition) is 2. The molecule has 0 saturated heterocycles. The lowest BCUT2D eigenvalue weighted by atomic mass is 10.1. The molecule has 4 heteroatoms. The summed E-state index contributed by atoms with van der Waals surface area (Å²) < 4.78 is 10.5. The molecule has 0 aliphatic carbocycles. The van der Waals surface area contributed by atoms with E-state index < -0.39 is 0 Å². The van der Waals surface area contributed by atoms with E-state index in [-0.39, 0.29) is 12.6 Å². The van der Waals surface area contributed by atoms with Gasteiger partial charge in [-0.15, -0.1) is 0 Å². The van der Waals surface area contributed by atoms with Gasteiger partial charge in [0.25, 0.3) is 0 Å². The van der Waals surface area contributed by atoms with Gasteiger partial charge in [-0.2, -0.15) is 0 Å². The van der Waals surface area contributed by atoms with Gasteiger partial charge < -0.3 is 19.6 Å². The van der Waals surface area contributed by atoms with Crippen molar-refractivity contribution in [1.29, 1.82) is 0 Å². The molecule has 0 radical (unpaired) electrons. The fourth-order valence-corrected chi connectivity index (χ4v) is 1.69. The molecular weight excluding hydrogens is 206 g/mol. The van der Waals surface area contributed by atoms with Gasteiger partial charge in [0.1, 0.15) is 5.76 Å². The summed E-state index contributed by atoms with van der Waals surface area (Å²) in [6.45, 7) is 2.92. The third-order valence-electron chi connectivity index (χ3n) is 2.50. The van der Waals surface area contributed by atoms with Crippen LogP contribution in [0.4, 0.5) is 0 Å². The van der Waals surface area contributed by atoms with Crippen LogP contribution in [-0.4, -0.2) is 31.5 Å². The number of aliphatic hydroxyl groups excluding tert-OH is 1. The Morgan fingerprint density at radius 3 is 2.94 bits per heavy atom. The molecule has 16 heavy (non-hydrogen) atoms. The molecule has 0 saturated carbocycles. The molecule has 2 unspecified atom stereocenters. The van der Waals surface area contributed by atoms with Gasteiger partial charge in [-0.25, -0.2) is 0 Å². The molecule has 0 aromatic carbocycles. The van der Waals surface area contributed by atoms with Gasteiger partial charge in [-0.05, 0) is 31.9 Å². The smallest absolute Gasteiger partial charge is 0.123 e. The number of nitrogens with one attached hydrogen (secondary N) is 1. The maximum Gasteiger partial charge on any atom is 0.123 e. The standard InChI is InChI=1S/C12H21NO3/c1-10(5-3-7-14)13-11(9-15-2)12-6-4-8-16-12/h4,6,8,10-11,13-14H,3,5,7,9H2,1-2H3. The second-order valence-electron chi connectivity index (χ2n) is 3.96. The molecule has 92 valence electrons. The lowest BCUT2D eigenvalue weighted by Crippen LogP contribution is -2.33. The van der Waals surface area contributed by atoms with Gasteiger partial charge in [-0.1, -0.05) is 0 Å². The number of ether oxygens (including phenoxy) is 1. The average molecular weight is 227 g/mol. The highest BCUT2D eigenvalue weighted by atomic mass is 16.5. The Labute approximate surface area is 96.6 Å². The molecule has 2 N–H and O–H groups in total. The first-order valence-corrected chi connectivity index (χ1v) is 5.67. The molecule has 1 rings (SSSR count). The van der Waals surface area contributed by atoms with Crippen LogP contribution in [0.3, 0.4) is 0 Å². The molecule has 0 bridgehead atoms. The van der Waals surface area contributed by atoms with Crippen LogP contribution in [0.2, 0.25) is 0 Å². The minimum Gasteiger partial charge on any atom is -0.468 e. The fourth-order valence-electron chi connectivity index (χ4n) is 1.69. The topological polar surface area (TPSA) is 54.6 Å². The van der Waals surface area contributed by atoms with Gasteiger partial charge in [0.15, 0.2) is 0 Å². The second-order valence-corrected chi connectivity index (χ2v) is 3.96. The van der Waals surface area contributed by atoms with E-state index in [1.54, 1.807) is 13.4 Å². The van der Waals surface area contributed by atoms with Gasteiger partial charge in [0.05, 0.1) is 18.9 Å². The van der Waals surface area contributed by atoms with Crippen molar-refractivity contribution in [3.05, 3.63) is 24.2 Å². The molecule has 0 aliphatic rings. The number of rotatable bonds is 8. The number of aliphatic hydroxyl groups is 1. The Morgan fingerprint density at radius 1 is 1.56 bits per heavy atom. The van der Waals surface area contributed by atoms with Crippen molar-refractivity contribution in [2.45, 2.75) is 31.8 Å². The van der Waals surface area contributed by atoms with Crippen LogP contribution in [0.15, 0.2) is 22.8 Å². The first-order chi connectivity index (χ1) is 7.77. The number of hydrogen-bond acceptors (Lipinski definition) is 4. The first kappa shape index (κ1) is 13.2. The van der Waals surface area contributed by atoms with Gasteiger partial charge in [-0.3, -0.25) is 0 Å². The third kappa shape index (κ3) is 4.35. The minimum absolute atomic E-state index is 0.0775. The van der Waals surface area contributed by atoms with Crippen molar-refractivity contribution in [2.75, 3.05) is 20.3 Å². The molecular formula is C12H21NO3. The van der Waals surface area contributed by atoms with Crippen LogP contribution in [-0.2, 0) is 4.74 Å². The first-order valence-electron chi connectivity index (χ1n) is 5.67. The van der Waals surface area contributed by atoms with E-state index in [0.29, 0.717) is 12.6 Å². The zero-order valence-electron chi connectivity index (χ0n) is 9.98. The van der Waals surface area contributed by atoms with Crippen molar-refractivity contribution in [2.24, 2.45) is 0 Å². The Kier molecular flexibility index (Phi) is 6.15. The van der Waals surface area contributed by atoms with Crippen molar-refractivity contribution in [3.8, 4) is 0 Å². The molecule has 1 aromatic heterocycles. The lowest BCUT2D eigenvalue weighted by molar-refractivity contribution is 0.150. The monoisotopic (exact) mass is 227 g/mol. The molecule has 0 aliphatic heterocycles. The predicted molar refractivity (Wildman–Crippen MR) is 62.2 cm³/mol.